The third-order valence-electron chi connectivity index (χ3n) is 8.32. The number of halogens is 2. The fraction of sp³-hybridized carbons (Fsp3) is 0.229. The van der Waals surface area contributed by atoms with Gasteiger partial charge in [-0.2, -0.15) is 5.26 Å². The highest BCUT2D eigenvalue weighted by molar-refractivity contribution is 6.30. The van der Waals surface area contributed by atoms with Gasteiger partial charge in [0.1, 0.15) is 5.60 Å². The molecule has 5 atom stereocenters. The molecule has 0 heterocycles. The van der Waals surface area contributed by atoms with E-state index in [1.54, 1.807) is 110 Å². The molecule has 0 spiro atoms. The van der Waals surface area contributed by atoms with Crippen LogP contribution in [0.3, 0.4) is 0 Å². The highest BCUT2D eigenvalue weighted by Gasteiger charge is 2.67. The monoisotopic (exact) mass is 597 g/mol. The van der Waals surface area contributed by atoms with Crippen molar-refractivity contribution in [1.29, 1.82) is 5.26 Å². The third kappa shape index (κ3) is 5.12. The van der Waals surface area contributed by atoms with Crippen molar-refractivity contribution in [2.75, 3.05) is 6.61 Å². The van der Waals surface area contributed by atoms with Crippen molar-refractivity contribution in [2.45, 2.75) is 30.8 Å². The zero-order valence-electron chi connectivity index (χ0n) is 22.9. The standard InChI is InChI=1S/C35H29Cl2NO4/c1-2-42-33(40)34(22-38)29(23-13-17-27(36)18-14-23)21-35(41,26-11-7-4-8-12-26)31(32(39)25-9-5-3-6-10-25)30(34)24-15-19-28(37)20-16-24/h3-20,29-31,41H,2,21H2,1H3/t29-,30+,31+,34-,35+/m1/s1. The Balaban J connectivity index is 1.89. The first-order valence-corrected chi connectivity index (χ1v) is 14.5. The Labute approximate surface area is 255 Å². The molecule has 0 aromatic heterocycles. The minimum Gasteiger partial charge on any atom is -0.465 e. The van der Waals surface area contributed by atoms with Crippen LogP contribution in [-0.4, -0.2) is 23.5 Å². The molecule has 0 amide bonds. The molecule has 0 bridgehead atoms. The molecule has 212 valence electrons. The third-order valence-corrected chi connectivity index (χ3v) is 8.82. The molecule has 0 unspecified atom stereocenters. The summed E-state index contributed by atoms with van der Waals surface area (Å²) in [5, 5.41) is 25.0. The van der Waals surface area contributed by atoms with E-state index in [1.165, 1.54) is 0 Å². The average molecular weight is 599 g/mol. The quantitative estimate of drug-likeness (QED) is 0.174. The molecule has 4 aromatic rings. The van der Waals surface area contributed by atoms with Gasteiger partial charge in [-0.25, -0.2) is 0 Å². The summed E-state index contributed by atoms with van der Waals surface area (Å²) in [6, 6.07) is 33.5. The van der Waals surface area contributed by atoms with Crippen molar-refractivity contribution in [3.63, 3.8) is 0 Å². The summed E-state index contributed by atoms with van der Waals surface area (Å²) in [5.41, 5.74) is -1.68. The molecular weight excluding hydrogens is 569 g/mol. The van der Waals surface area contributed by atoms with Crippen LogP contribution in [0, 0.1) is 22.7 Å². The second kappa shape index (κ2) is 12.1. The smallest absolute Gasteiger partial charge is 0.327 e. The van der Waals surface area contributed by atoms with Gasteiger partial charge >= 0.3 is 5.97 Å². The SMILES string of the molecule is CCOC(=O)[C@]1(C#N)[C@@H](c2ccc(Cl)cc2)C[C@](O)(c2ccccc2)[C@H](C(=O)c2ccccc2)[C@@H]1c1ccc(Cl)cc1. The van der Waals surface area contributed by atoms with Gasteiger partial charge in [0.2, 0.25) is 0 Å². The van der Waals surface area contributed by atoms with Crippen LogP contribution in [0.5, 0.6) is 0 Å². The average Bonchev–Trinajstić information content (AvgIpc) is 3.02. The van der Waals surface area contributed by atoms with Crippen molar-refractivity contribution >= 4 is 35.0 Å². The number of benzene rings is 4. The number of carbonyl (C=O) groups is 2. The summed E-state index contributed by atoms with van der Waals surface area (Å²) in [4.78, 5) is 28.9. The van der Waals surface area contributed by atoms with Gasteiger partial charge in [0.15, 0.2) is 11.2 Å². The minimum absolute atomic E-state index is 0.0309. The number of hydrogen-bond donors (Lipinski definition) is 1. The second-order valence-electron chi connectivity index (χ2n) is 10.5. The highest BCUT2D eigenvalue weighted by Crippen LogP contribution is 2.63. The number of nitriles is 1. The first kappa shape index (κ1) is 29.5. The molecule has 0 radical (unpaired) electrons. The van der Waals surface area contributed by atoms with E-state index < -0.39 is 34.7 Å². The van der Waals surface area contributed by atoms with Gasteiger partial charge in [-0.15, -0.1) is 0 Å². The Hall–Kier alpha value is -3.95. The van der Waals surface area contributed by atoms with Crippen LogP contribution < -0.4 is 0 Å². The first-order valence-electron chi connectivity index (χ1n) is 13.7. The van der Waals surface area contributed by atoms with Gasteiger partial charge in [-0.3, -0.25) is 9.59 Å². The number of carbonyl (C=O) groups excluding carboxylic acids is 2. The molecule has 1 fully saturated rings. The number of esters is 1. The molecule has 1 saturated carbocycles. The lowest BCUT2D eigenvalue weighted by atomic mass is 9.47. The molecular formula is C35H29Cl2NO4. The van der Waals surface area contributed by atoms with Crippen molar-refractivity contribution in [3.05, 3.63) is 141 Å². The Morgan fingerprint density at radius 2 is 1.38 bits per heavy atom. The maximum Gasteiger partial charge on any atom is 0.327 e. The Morgan fingerprint density at radius 1 is 0.857 bits per heavy atom. The molecule has 1 aliphatic carbocycles. The lowest BCUT2D eigenvalue weighted by Gasteiger charge is -2.54. The highest BCUT2D eigenvalue weighted by atomic mass is 35.5. The van der Waals surface area contributed by atoms with Gasteiger partial charge in [-0.05, 0) is 54.3 Å². The first-order chi connectivity index (χ1) is 20.3. The van der Waals surface area contributed by atoms with Crippen LogP contribution in [0.1, 0.15) is 52.2 Å². The van der Waals surface area contributed by atoms with E-state index in [9.17, 15) is 20.0 Å². The maximum absolute atomic E-state index is 14.6. The van der Waals surface area contributed by atoms with Gasteiger partial charge in [0, 0.05) is 27.4 Å². The summed E-state index contributed by atoms with van der Waals surface area (Å²) >= 11 is 12.5. The second-order valence-corrected chi connectivity index (χ2v) is 11.4. The summed E-state index contributed by atoms with van der Waals surface area (Å²) in [7, 11) is 0. The van der Waals surface area contributed by atoms with Gasteiger partial charge < -0.3 is 9.84 Å². The number of ether oxygens (including phenoxy) is 1. The van der Waals surface area contributed by atoms with E-state index in [2.05, 4.69) is 6.07 Å². The Kier molecular flexibility index (Phi) is 8.52. The van der Waals surface area contributed by atoms with Crippen molar-refractivity contribution < 1.29 is 19.4 Å². The molecule has 1 aliphatic rings. The molecule has 1 N–H and O–H groups in total. The van der Waals surface area contributed by atoms with Crippen LogP contribution in [0.15, 0.2) is 109 Å². The van der Waals surface area contributed by atoms with E-state index in [0.717, 1.165) is 0 Å². The molecule has 0 aliphatic heterocycles. The number of ketones is 1. The molecule has 42 heavy (non-hydrogen) atoms. The fourth-order valence-electron chi connectivity index (χ4n) is 6.44. The zero-order valence-corrected chi connectivity index (χ0v) is 24.4. The van der Waals surface area contributed by atoms with E-state index >= 15 is 0 Å². The minimum atomic E-state index is -1.90. The number of nitrogens with zero attached hydrogens (tertiary/aromatic N) is 1. The number of rotatable bonds is 7. The lowest BCUT2D eigenvalue weighted by Crippen LogP contribution is -2.59. The zero-order chi connectivity index (χ0) is 29.9. The molecule has 5 nitrogen and oxygen atoms in total. The van der Waals surface area contributed by atoms with Crippen molar-refractivity contribution in [1.82, 2.24) is 0 Å². The molecule has 0 saturated heterocycles. The van der Waals surface area contributed by atoms with Crippen molar-refractivity contribution in [3.8, 4) is 6.07 Å². The topological polar surface area (TPSA) is 87.4 Å². The Bertz CT molecular complexity index is 1600. The normalized spacial score (nSPS) is 25.3. The lowest BCUT2D eigenvalue weighted by molar-refractivity contribution is -0.164. The summed E-state index contributed by atoms with van der Waals surface area (Å²) in [5.74, 6) is -4.37. The number of aliphatic hydroxyl groups is 1. The van der Waals surface area contributed by atoms with Crippen molar-refractivity contribution in [2.24, 2.45) is 11.3 Å². The van der Waals surface area contributed by atoms with Crippen LogP contribution >= 0.6 is 23.2 Å². The summed E-state index contributed by atoms with van der Waals surface area (Å²) < 4.78 is 5.63. The largest absolute Gasteiger partial charge is 0.465 e. The van der Waals surface area contributed by atoms with E-state index in [4.69, 9.17) is 27.9 Å². The molecule has 4 aromatic carbocycles. The van der Waals surface area contributed by atoms with E-state index in [0.29, 0.717) is 32.3 Å². The number of hydrogen-bond acceptors (Lipinski definition) is 5. The van der Waals surface area contributed by atoms with E-state index in [1.807, 2.05) is 6.07 Å². The van der Waals surface area contributed by atoms with Gasteiger partial charge in [-0.1, -0.05) is 108 Å². The van der Waals surface area contributed by atoms with Gasteiger partial charge in [0.25, 0.3) is 0 Å². The summed E-state index contributed by atoms with van der Waals surface area (Å²) in [6.07, 6.45) is -0.0989. The van der Waals surface area contributed by atoms with Crippen LogP contribution in [0.4, 0.5) is 0 Å². The maximum atomic E-state index is 14.6. The number of Topliss-reactive ketones (excluding diaryl/α,β-unsaturated/α-hetero) is 1. The Morgan fingerprint density at radius 3 is 1.90 bits per heavy atom. The predicted molar refractivity (Wildman–Crippen MR) is 162 cm³/mol. The molecule has 5 rings (SSSR count). The van der Waals surface area contributed by atoms with E-state index in [-0.39, 0.29) is 18.8 Å². The summed E-state index contributed by atoms with van der Waals surface area (Å²) in [6.45, 7) is 1.70. The van der Waals surface area contributed by atoms with Crippen LogP contribution in [0.2, 0.25) is 10.0 Å². The fourth-order valence-corrected chi connectivity index (χ4v) is 6.70. The van der Waals surface area contributed by atoms with Gasteiger partial charge in [0.05, 0.1) is 18.6 Å². The van der Waals surface area contributed by atoms with Crippen LogP contribution in [-0.2, 0) is 15.1 Å². The molecule has 7 heteroatoms. The predicted octanol–water partition coefficient (Wildman–Crippen LogP) is 7.72. The van der Waals surface area contributed by atoms with Crippen LogP contribution in [0.25, 0.3) is 0 Å².